The molecule has 6 heteroatoms. The number of likely N-dealkylation sites (tertiary alicyclic amines) is 1. The molecule has 6 nitrogen and oxygen atoms in total. The van der Waals surface area contributed by atoms with Gasteiger partial charge in [0.2, 0.25) is 0 Å². The number of para-hydroxylation sites is 1. The summed E-state index contributed by atoms with van der Waals surface area (Å²) in [5, 5.41) is 10.5. The Morgan fingerprint density at radius 3 is 2.92 bits per heavy atom. The van der Waals surface area contributed by atoms with Crippen LogP contribution in [-0.4, -0.2) is 53.5 Å². The summed E-state index contributed by atoms with van der Waals surface area (Å²) in [6, 6.07) is 7.84. The van der Waals surface area contributed by atoms with Crippen LogP contribution in [0.25, 0.3) is 10.9 Å². The molecule has 1 aromatic carbocycles. The third-order valence-corrected chi connectivity index (χ3v) is 5.02. The maximum absolute atomic E-state index is 12.8. The van der Waals surface area contributed by atoms with Crippen molar-refractivity contribution < 1.29 is 19.4 Å². The molecule has 1 aliphatic rings. The number of hydrogen-bond acceptors (Lipinski definition) is 5. The highest BCUT2D eigenvalue weighted by molar-refractivity contribution is 5.97. The van der Waals surface area contributed by atoms with E-state index < -0.39 is 5.97 Å². The van der Waals surface area contributed by atoms with Gasteiger partial charge in [-0.2, -0.15) is 0 Å². The Balaban J connectivity index is 1.98. The minimum absolute atomic E-state index is 0.0385. The third kappa shape index (κ3) is 3.60. The Hall–Kier alpha value is -2.18. The van der Waals surface area contributed by atoms with E-state index in [9.17, 15) is 14.7 Å². The van der Waals surface area contributed by atoms with Crippen LogP contribution in [0.15, 0.2) is 30.5 Å². The zero-order valence-corrected chi connectivity index (χ0v) is 14.4. The SMILES string of the molecule is COC(=O)CC(=O)[C@@H]1CCCN(CCO)[C@@H]1c1c[nH]c2ccccc12. The highest BCUT2D eigenvalue weighted by Crippen LogP contribution is 2.40. The Morgan fingerprint density at radius 1 is 1.36 bits per heavy atom. The van der Waals surface area contributed by atoms with Crippen LogP contribution in [0.3, 0.4) is 0 Å². The van der Waals surface area contributed by atoms with Gasteiger partial charge in [0, 0.05) is 35.6 Å². The van der Waals surface area contributed by atoms with Crippen molar-refractivity contribution >= 4 is 22.7 Å². The number of aliphatic hydroxyl groups excluding tert-OH is 1. The summed E-state index contributed by atoms with van der Waals surface area (Å²) in [4.78, 5) is 29.8. The van der Waals surface area contributed by atoms with E-state index in [1.54, 1.807) is 0 Å². The second-order valence-electron chi connectivity index (χ2n) is 6.46. The van der Waals surface area contributed by atoms with Crippen LogP contribution in [0.2, 0.25) is 0 Å². The molecule has 134 valence electrons. The molecule has 0 amide bonds. The van der Waals surface area contributed by atoms with Crippen LogP contribution in [0.1, 0.15) is 30.9 Å². The number of carbonyl (C=O) groups is 2. The summed E-state index contributed by atoms with van der Waals surface area (Å²) in [6.07, 6.45) is 3.36. The van der Waals surface area contributed by atoms with E-state index in [0.29, 0.717) is 6.54 Å². The van der Waals surface area contributed by atoms with Crippen LogP contribution in [0.4, 0.5) is 0 Å². The van der Waals surface area contributed by atoms with Gasteiger partial charge in [-0.25, -0.2) is 0 Å². The van der Waals surface area contributed by atoms with Gasteiger partial charge in [-0.15, -0.1) is 0 Å². The van der Waals surface area contributed by atoms with Gasteiger partial charge >= 0.3 is 5.97 Å². The molecule has 3 rings (SSSR count). The second-order valence-corrected chi connectivity index (χ2v) is 6.46. The van der Waals surface area contributed by atoms with E-state index in [0.717, 1.165) is 35.9 Å². The number of β-amino-alcohol motifs (C(OH)–C–C–N with tert-alkyl or cyclic N) is 1. The third-order valence-electron chi connectivity index (χ3n) is 5.02. The Morgan fingerprint density at radius 2 is 2.16 bits per heavy atom. The monoisotopic (exact) mass is 344 g/mol. The molecule has 0 bridgehead atoms. The fourth-order valence-electron chi connectivity index (χ4n) is 3.88. The number of benzene rings is 1. The summed E-state index contributed by atoms with van der Waals surface area (Å²) in [5.41, 5.74) is 2.07. The molecule has 0 radical (unpaired) electrons. The van der Waals surface area contributed by atoms with Gasteiger partial charge in [0.25, 0.3) is 0 Å². The molecule has 1 aliphatic heterocycles. The number of ether oxygens (including phenoxy) is 1. The van der Waals surface area contributed by atoms with E-state index in [4.69, 9.17) is 0 Å². The average molecular weight is 344 g/mol. The summed E-state index contributed by atoms with van der Waals surface area (Å²) < 4.78 is 4.66. The smallest absolute Gasteiger partial charge is 0.313 e. The predicted octanol–water partition coefficient (Wildman–Crippen LogP) is 2.05. The van der Waals surface area contributed by atoms with E-state index in [1.807, 2.05) is 30.5 Å². The van der Waals surface area contributed by atoms with E-state index >= 15 is 0 Å². The fourth-order valence-corrected chi connectivity index (χ4v) is 3.88. The van der Waals surface area contributed by atoms with Crippen LogP contribution < -0.4 is 0 Å². The van der Waals surface area contributed by atoms with Gasteiger partial charge < -0.3 is 14.8 Å². The molecular formula is C19H24N2O4. The van der Waals surface area contributed by atoms with Crippen molar-refractivity contribution in [3.8, 4) is 0 Å². The number of esters is 1. The summed E-state index contributed by atoms with van der Waals surface area (Å²) >= 11 is 0. The topological polar surface area (TPSA) is 82.6 Å². The fraction of sp³-hybridized carbons (Fsp3) is 0.474. The van der Waals surface area contributed by atoms with Gasteiger partial charge in [0.15, 0.2) is 0 Å². The second kappa shape index (κ2) is 7.80. The molecule has 2 atom stereocenters. The molecule has 1 saturated heterocycles. The standard InChI is InChI=1S/C19H24N2O4/c1-25-18(24)11-17(23)14-6-4-8-21(9-10-22)19(14)15-12-20-16-7-3-2-5-13(15)16/h2-3,5,7,12,14,19-20,22H,4,6,8-11H2,1H3/t14-,19-/m0/s1. The minimum atomic E-state index is -0.498. The number of nitrogens with one attached hydrogen (secondary N) is 1. The number of H-pyrrole nitrogens is 1. The molecule has 1 aromatic heterocycles. The van der Waals surface area contributed by atoms with Crippen LogP contribution in [-0.2, 0) is 14.3 Å². The molecule has 0 spiro atoms. The average Bonchev–Trinajstić information content (AvgIpc) is 3.05. The maximum Gasteiger partial charge on any atom is 0.313 e. The van der Waals surface area contributed by atoms with Crippen molar-refractivity contribution in [3.63, 3.8) is 0 Å². The van der Waals surface area contributed by atoms with E-state index in [1.165, 1.54) is 7.11 Å². The summed E-state index contributed by atoms with van der Waals surface area (Å²) in [6.45, 7) is 1.37. The predicted molar refractivity (Wildman–Crippen MR) is 94.1 cm³/mol. The first-order valence-electron chi connectivity index (χ1n) is 8.66. The number of methoxy groups -OCH3 is 1. The number of aliphatic hydroxyl groups is 1. The first-order chi connectivity index (χ1) is 12.2. The largest absolute Gasteiger partial charge is 0.469 e. The highest BCUT2D eigenvalue weighted by Gasteiger charge is 2.38. The number of aromatic nitrogens is 1. The molecule has 2 heterocycles. The van der Waals surface area contributed by atoms with Gasteiger partial charge in [-0.05, 0) is 31.0 Å². The number of piperidine rings is 1. The molecule has 2 aromatic rings. The highest BCUT2D eigenvalue weighted by atomic mass is 16.5. The van der Waals surface area contributed by atoms with Crippen molar-refractivity contribution in [3.05, 3.63) is 36.0 Å². The lowest BCUT2D eigenvalue weighted by Gasteiger charge is -2.40. The molecule has 2 N–H and O–H groups in total. The molecule has 0 unspecified atom stereocenters. The summed E-state index contributed by atoms with van der Waals surface area (Å²) in [5.74, 6) is -0.870. The lowest BCUT2D eigenvalue weighted by Crippen LogP contribution is -2.43. The Labute approximate surface area is 146 Å². The molecule has 0 aliphatic carbocycles. The number of nitrogens with zero attached hydrogens (tertiary/aromatic N) is 1. The number of ketones is 1. The van der Waals surface area contributed by atoms with Gasteiger partial charge in [0.1, 0.15) is 12.2 Å². The molecule has 1 fully saturated rings. The zero-order valence-electron chi connectivity index (χ0n) is 14.4. The normalized spacial score (nSPS) is 21.4. The van der Waals surface area contributed by atoms with Crippen LogP contribution in [0, 0.1) is 5.92 Å². The molecule has 25 heavy (non-hydrogen) atoms. The number of carbonyl (C=O) groups excluding carboxylic acids is 2. The zero-order chi connectivity index (χ0) is 17.8. The number of rotatable bonds is 6. The van der Waals surface area contributed by atoms with Crippen molar-refractivity contribution in [2.45, 2.75) is 25.3 Å². The minimum Gasteiger partial charge on any atom is -0.469 e. The Bertz CT molecular complexity index is 753. The van der Waals surface area contributed by atoms with Crippen LogP contribution in [0.5, 0.6) is 0 Å². The molecule has 0 saturated carbocycles. The van der Waals surface area contributed by atoms with E-state index in [-0.39, 0.29) is 30.8 Å². The summed E-state index contributed by atoms with van der Waals surface area (Å²) in [7, 11) is 1.30. The van der Waals surface area contributed by atoms with Crippen molar-refractivity contribution in [2.75, 3.05) is 26.8 Å². The van der Waals surface area contributed by atoms with Crippen molar-refractivity contribution in [2.24, 2.45) is 5.92 Å². The Kier molecular flexibility index (Phi) is 5.50. The first kappa shape index (κ1) is 17.6. The number of Topliss-reactive ketones (excluding diaryl/α,β-unsaturated/α-hetero) is 1. The van der Waals surface area contributed by atoms with Crippen molar-refractivity contribution in [1.82, 2.24) is 9.88 Å². The van der Waals surface area contributed by atoms with Gasteiger partial charge in [0.05, 0.1) is 13.7 Å². The lowest BCUT2D eigenvalue weighted by molar-refractivity contribution is -0.145. The van der Waals surface area contributed by atoms with Crippen molar-refractivity contribution in [1.29, 1.82) is 0 Å². The quantitative estimate of drug-likeness (QED) is 0.619. The van der Waals surface area contributed by atoms with E-state index in [2.05, 4.69) is 14.6 Å². The maximum atomic E-state index is 12.8. The lowest BCUT2D eigenvalue weighted by atomic mass is 9.81. The van der Waals surface area contributed by atoms with Gasteiger partial charge in [-0.3, -0.25) is 14.5 Å². The van der Waals surface area contributed by atoms with Crippen LogP contribution >= 0.6 is 0 Å². The van der Waals surface area contributed by atoms with Gasteiger partial charge in [-0.1, -0.05) is 18.2 Å². The number of fused-ring (bicyclic) bond motifs is 1. The number of hydrogen-bond donors (Lipinski definition) is 2. The number of aromatic amines is 1. The first-order valence-corrected chi connectivity index (χ1v) is 8.66. The molecular weight excluding hydrogens is 320 g/mol.